The van der Waals surface area contributed by atoms with Crippen molar-refractivity contribution in [1.29, 1.82) is 0 Å². The molecule has 0 spiro atoms. The number of rotatable bonds is 5. The van der Waals surface area contributed by atoms with E-state index in [0.29, 0.717) is 49.9 Å². The summed E-state index contributed by atoms with van der Waals surface area (Å²) in [5, 5.41) is 12.9. The zero-order chi connectivity index (χ0) is 25.5. The molecule has 0 radical (unpaired) electrons. The second-order valence-electron chi connectivity index (χ2n) is 8.43. The van der Waals surface area contributed by atoms with Crippen molar-refractivity contribution in [3.05, 3.63) is 100 Å². The van der Waals surface area contributed by atoms with E-state index in [2.05, 4.69) is 4.98 Å². The van der Waals surface area contributed by atoms with Gasteiger partial charge in [0.1, 0.15) is 5.82 Å². The largest absolute Gasteiger partial charge is 0.478 e. The number of imidazole rings is 1. The summed E-state index contributed by atoms with van der Waals surface area (Å²) < 4.78 is 11.0. The number of carboxylic acids is 1. The minimum atomic E-state index is -1.07. The van der Waals surface area contributed by atoms with Gasteiger partial charge in [0.25, 0.3) is 0 Å². The van der Waals surface area contributed by atoms with E-state index < -0.39 is 5.97 Å². The van der Waals surface area contributed by atoms with Crippen LogP contribution in [0.2, 0.25) is 10.0 Å². The fourth-order valence-corrected chi connectivity index (χ4v) is 4.83. The summed E-state index contributed by atoms with van der Waals surface area (Å²) in [5.74, 6) is 0.535. The number of carbonyl (C=O) groups is 1. The van der Waals surface area contributed by atoms with Crippen LogP contribution in [0, 0.1) is 0 Å². The quantitative estimate of drug-likeness (QED) is 0.230. The fourth-order valence-electron chi connectivity index (χ4n) is 4.45. The highest BCUT2D eigenvalue weighted by molar-refractivity contribution is 6.35. The van der Waals surface area contributed by atoms with Crippen molar-refractivity contribution in [2.24, 2.45) is 0 Å². The number of H-pyrrole nitrogens is 1. The number of carboxylic acid groups (broad SMARTS) is 1. The molecule has 0 atom stereocenters. The molecule has 1 aliphatic heterocycles. The first-order valence-electron chi connectivity index (χ1n) is 11.4. The van der Waals surface area contributed by atoms with E-state index in [9.17, 15) is 9.90 Å². The standard InChI is InChI=1S/C29H18Cl2N2O4/c30-18-9-10-23(31)22(13-18)28-27(17-8-11-24-25(12-17)37-15-36-24)32-26(33-28)14-21(29(34)35)20-7-3-5-16-4-1-2-6-19(16)20/h1-14H,15H2,(H,32,33)(H,34,35). The van der Waals surface area contributed by atoms with Gasteiger partial charge < -0.3 is 19.6 Å². The maximum atomic E-state index is 12.4. The van der Waals surface area contributed by atoms with Crippen LogP contribution >= 0.6 is 23.2 Å². The second-order valence-corrected chi connectivity index (χ2v) is 9.27. The minimum absolute atomic E-state index is 0.103. The van der Waals surface area contributed by atoms with Gasteiger partial charge in [-0.05, 0) is 58.8 Å². The summed E-state index contributed by atoms with van der Waals surface area (Å²) in [5.41, 5.74) is 3.24. The highest BCUT2D eigenvalue weighted by Gasteiger charge is 2.21. The van der Waals surface area contributed by atoms with Crippen LogP contribution in [0.3, 0.4) is 0 Å². The second kappa shape index (κ2) is 9.32. The SMILES string of the molecule is O=C(O)C(=Cc1nc(-c2cc(Cl)ccc2Cl)c(-c2ccc3c(c2)OCO3)[nH]1)c1cccc2ccccc12. The average molecular weight is 529 g/mol. The molecule has 2 N–H and O–H groups in total. The normalized spacial score (nSPS) is 12.8. The lowest BCUT2D eigenvalue weighted by Crippen LogP contribution is -2.01. The van der Waals surface area contributed by atoms with Crippen LogP contribution in [0.5, 0.6) is 11.5 Å². The third-order valence-electron chi connectivity index (χ3n) is 6.16. The predicted octanol–water partition coefficient (Wildman–Crippen LogP) is 7.56. The first-order valence-corrected chi connectivity index (χ1v) is 12.1. The lowest BCUT2D eigenvalue weighted by molar-refractivity contribution is -0.130. The molecule has 0 saturated carbocycles. The maximum Gasteiger partial charge on any atom is 0.336 e. The first kappa shape index (κ1) is 23.2. The molecule has 37 heavy (non-hydrogen) atoms. The van der Waals surface area contributed by atoms with Gasteiger partial charge in [0.05, 0.1) is 22.0 Å². The van der Waals surface area contributed by atoms with Gasteiger partial charge >= 0.3 is 5.97 Å². The lowest BCUT2D eigenvalue weighted by atomic mass is 9.98. The van der Waals surface area contributed by atoms with E-state index in [4.69, 9.17) is 37.7 Å². The number of halogens is 2. The summed E-state index contributed by atoms with van der Waals surface area (Å²) >= 11 is 12.8. The van der Waals surface area contributed by atoms with Gasteiger partial charge in [-0.2, -0.15) is 0 Å². The maximum absolute atomic E-state index is 12.4. The molecule has 0 amide bonds. The Labute approximate surface area is 221 Å². The molecule has 0 fully saturated rings. The third-order valence-corrected chi connectivity index (χ3v) is 6.72. The van der Waals surface area contributed by atoms with E-state index in [0.717, 1.165) is 16.3 Å². The molecule has 0 bridgehead atoms. The van der Waals surface area contributed by atoms with Crippen molar-refractivity contribution in [1.82, 2.24) is 9.97 Å². The minimum Gasteiger partial charge on any atom is -0.478 e. The Morgan fingerprint density at radius 2 is 1.76 bits per heavy atom. The summed E-state index contributed by atoms with van der Waals surface area (Å²) in [7, 11) is 0. The van der Waals surface area contributed by atoms with Crippen LogP contribution in [0.1, 0.15) is 11.4 Å². The van der Waals surface area contributed by atoms with Gasteiger partial charge in [0, 0.05) is 16.1 Å². The lowest BCUT2D eigenvalue weighted by Gasteiger charge is -2.07. The van der Waals surface area contributed by atoms with Gasteiger partial charge in [0.2, 0.25) is 6.79 Å². The van der Waals surface area contributed by atoms with Gasteiger partial charge in [-0.15, -0.1) is 0 Å². The van der Waals surface area contributed by atoms with Gasteiger partial charge in [-0.25, -0.2) is 9.78 Å². The molecule has 1 aromatic heterocycles. The summed E-state index contributed by atoms with van der Waals surface area (Å²) in [4.78, 5) is 20.5. The number of benzene rings is 4. The Morgan fingerprint density at radius 3 is 2.62 bits per heavy atom. The monoisotopic (exact) mass is 528 g/mol. The Balaban J connectivity index is 1.56. The molecule has 0 aliphatic carbocycles. The number of aromatic amines is 1. The number of ether oxygens (including phenoxy) is 2. The smallest absolute Gasteiger partial charge is 0.336 e. The molecule has 2 heterocycles. The van der Waals surface area contributed by atoms with Gasteiger partial charge in [0.15, 0.2) is 11.5 Å². The van der Waals surface area contributed by atoms with E-state index >= 15 is 0 Å². The van der Waals surface area contributed by atoms with Crippen molar-refractivity contribution in [3.8, 4) is 34.0 Å². The van der Waals surface area contributed by atoms with Crippen molar-refractivity contribution < 1.29 is 19.4 Å². The molecule has 8 heteroatoms. The first-order chi connectivity index (χ1) is 18.0. The summed E-state index contributed by atoms with van der Waals surface area (Å²) in [6.45, 7) is 0.149. The summed E-state index contributed by atoms with van der Waals surface area (Å²) in [6, 6.07) is 23.9. The zero-order valence-electron chi connectivity index (χ0n) is 19.2. The molecular weight excluding hydrogens is 511 g/mol. The third kappa shape index (κ3) is 4.31. The van der Waals surface area contributed by atoms with Crippen LogP contribution in [0.25, 0.3) is 44.9 Å². The molecular formula is C29H18Cl2N2O4. The predicted molar refractivity (Wildman–Crippen MR) is 145 cm³/mol. The number of hydrogen-bond acceptors (Lipinski definition) is 4. The van der Waals surface area contributed by atoms with E-state index in [1.54, 1.807) is 24.3 Å². The van der Waals surface area contributed by atoms with Crippen LogP contribution in [0.15, 0.2) is 78.9 Å². The van der Waals surface area contributed by atoms with E-state index in [-0.39, 0.29) is 12.4 Å². The number of hydrogen-bond donors (Lipinski definition) is 2. The number of aromatic nitrogens is 2. The Kier molecular flexibility index (Phi) is 5.83. The Morgan fingerprint density at radius 1 is 0.946 bits per heavy atom. The molecule has 1 aliphatic rings. The molecule has 5 aromatic rings. The van der Waals surface area contributed by atoms with Crippen LogP contribution in [0.4, 0.5) is 0 Å². The molecule has 6 nitrogen and oxygen atoms in total. The number of aliphatic carboxylic acids is 1. The molecule has 0 saturated heterocycles. The number of nitrogens with one attached hydrogen (secondary N) is 1. The summed E-state index contributed by atoms with van der Waals surface area (Å²) in [6.07, 6.45) is 1.53. The van der Waals surface area contributed by atoms with Crippen molar-refractivity contribution in [2.75, 3.05) is 6.79 Å². The average Bonchev–Trinajstić information content (AvgIpc) is 3.55. The fraction of sp³-hybridized carbons (Fsp3) is 0.0345. The van der Waals surface area contributed by atoms with Crippen molar-refractivity contribution in [2.45, 2.75) is 0 Å². The molecule has 4 aromatic carbocycles. The van der Waals surface area contributed by atoms with E-state index in [1.807, 2.05) is 54.6 Å². The Hall–Kier alpha value is -4.26. The highest BCUT2D eigenvalue weighted by atomic mass is 35.5. The van der Waals surface area contributed by atoms with Crippen LogP contribution in [-0.2, 0) is 4.79 Å². The van der Waals surface area contributed by atoms with Crippen molar-refractivity contribution >= 4 is 51.6 Å². The molecule has 182 valence electrons. The number of nitrogens with zero attached hydrogens (tertiary/aromatic N) is 1. The zero-order valence-corrected chi connectivity index (χ0v) is 20.7. The highest BCUT2D eigenvalue weighted by Crippen LogP contribution is 2.41. The number of fused-ring (bicyclic) bond motifs is 2. The topological polar surface area (TPSA) is 84.4 Å². The van der Waals surface area contributed by atoms with Gasteiger partial charge in [-0.3, -0.25) is 0 Å². The Bertz CT molecular complexity index is 1720. The van der Waals surface area contributed by atoms with Crippen LogP contribution in [-0.4, -0.2) is 27.8 Å². The van der Waals surface area contributed by atoms with Gasteiger partial charge in [-0.1, -0.05) is 65.7 Å². The van der Waals surface area contributed by atoms with Crippen molar-refractivity contribution in [3.63, 3.8) is 0 Å². The van der Waals surface area contributed by atoms with E-state index in [1.165, 1.54) is 6.08 Å². The molecule has 0 unspecified atom stereocenters. The molecule has 6 rings (SSSR count). The van der Waals surface area contributed by atoms with Crippen LogP contribution < -0.4 is 9.47 Å².